The average Bonchev–Trinajstić information content (AvgIpc) is 2.36. The fourth-order valence-corrected chi connectivity index (χ4v) is 1.92. The van der Waals surface area contributed by atoms with Crippen molar-refractivity contribution in [3.8, 4) is 6.07 Å². The first-order chi connectivity index (χ1) is 8.69. The van der Waals surface area contributed by atoms with Crippen LogP contribution in [0.3, 0.4) is 0 Å². The first-order valence-corrected chi connectivity index (χ1v) is 5.94. The van der Waals surface area contributed by atoms with E-state index in [1.165, 1.54) is 5.56 Å². The van der Waals surface area contributed by atoms with Gasteiger partial charge >= 0.3 is 0 Å². The molecule has 0 N–H and O–H groups in total. The molecular formula is C17H15N. The highest BCUT2D eigenvalue weighted by atomic mass is 14.2. The van der Waals surface area contributed by atoms with Crippen LogP contribution in [-0.4, -0.2) is 0 Å². The highest BCUT2D eigenvalue weighted by molar-refractivity contribution is 5.89. The minimum atomic E-state index is 0.698. The van der Waals surface area contributed by atoms with Crippen LogP contribution >= 0.6 is 0 Å². The highest BCUT2D eigenvalue weighted by Crippen LogP contribution is 2.19. The van der Waals surface area contributed by atoms with E-state index in [1.54, 1.807) is 0 Å². The smallest absolute Gasteiger partial charge is 0.0998 e. The summed E-state index contributed by atoms with van der Waals surface area (Å²) in [5.74, 6) is 0. The number of nitriles is 1. The Labute approximate surface area is 108 Å². The lowest BCUT2D eigenvalue weighted by Gasteiger charge is -2.02. The molecule has 1 heteroatoms. The molecule has 2 rings (SSSR count). The number of hydrogen-bond donors (Lipinski definition) is 0. The van der Waals surface area contributed by atoms with Crippen molar-refractivity contribution in [1.82, 2.24) is 0 Å². The Morgan fingerprint density at radius 2 is 1.67 bits per heavy atom. The number of benzene rings is 2. The van der Waals surface area contributed by atoms with Gasteiger partial charge in [-0.3, -0.25) is 0 Å². The van der Waals surface area contributed by atoms with Gasteiger partial charge in [0.1, 0.15) is 0 Å². The van der Waals surface area contributed by atoms with Gasteiger partial charge in [-0.2, -0.15) is 5.26 Å². The Morgan fingerprint density at radius 1 is 1.00 bits per heavy atom. The van der Waals surface area contributed by atoms with Crippen molar-refractivity contribution in [2.75, 3.05) is 0 Å². The lowest BCUT2D eigenvalue weighted by molar-refractivity contribution is 1.44. The minimum absolute atomic E-state index is 0.698. The van der Waals surface area contributed by atoms with E-state index in [4.69, 9.17) is 0 Å². The maximum Gasteiger partial charge on any atom is 0.0998 e. The molecule has 0 heterocycles. The second kappa shape index (κ2) is 5.33. The molecule has 0 spiro atoms. The monoisotopic (exact) mass is 233 g/mol. The molecule has 1 nitrogen and oxygen atoms in total. The van der Waals surface area contributed by atoms with Crippen LogP contribution in [0.4, 0.5) is 0 Å². The summed E-state index contributed by atoms with van der Waals surface area (Å²) in [6, 6.07) is 18.4. The third-order valence-corrected chi connectivity index (χ3v) is 2.80. The second-order valence-corrected chi connectivity index (χ2v) is 4.45. The molecule has 0 saturated carbocycles. The van der Waals surface area contributed by atoms with Crippen molar-refractivity contribution in [2.24, 2.45) is 0 Å². The Hall–Kier alpha value is -2.33. The summed E-state index contributed by atoms with van der Waals surface area (Å²) in [5, 5.41) is 9.28. The van der Waals surface area contributed by atoms with Gasteiger partial charge in [-0.15, -0.1) is 0 Å². The molecule has 0 amide bonds. The molecule has 0 bridgehead atoms. The maximum atomic E-state index is 9.28. The zero-order valence-corrected chi connectivity index (χ0v) is 10.6. The van der Waals surface area contributed by atoms with E-state index in [2.05, 4.69) is 25.1 Å². The van der Waals surface area contributed by atoms with Crippen LogP contribution in [0.15, 0.2) is 48.5 Å². The first-order valence-electron chi connectivity index (χ1n) is 5.94. The number of rotatable bonds is 2. The third-order valence-electron chi connectivity index (χ3n) is 2.80. The predicted octanol–water partition coefficient (Wildman–Crippen LogP) is 4.37. The van der Waals surface area contributed by atoms with Gasteiger partial charge in [0.15, 0.2) is 0 Å². The quantitative estimate of drug-likeness (QED) is 0.558. The Balaban J connectivity index is 2.44. The van der Waals surface area contributed by atoms with E-state index in [9.17, 15) is 5.26 Å². The molecule has 0 aliphatic carbocycles. The lowest BCUT2D eigenvalue weighted by atomic mass is 10.0. The fourth-order valence-electron chi connectivity index (χ4n) is 1.92. The summed E-state index contributed by atoms with van der Waals surface area (Å²) < 4.78 is 0. The molecule has 0 unspecified atom stereocenters. The molecule has 0 aromatic heterocycles. The standard InChI is InChI=1S/C17H15N/c1-13-5-3-7-15(9-13)11-17(12-18)16-8-4-6-14(2)10-16/h3-11H,1-2H3. The van der Waals surface area contributed by atoms with Crippen molar-refractivity contribution in [3.05, 3.63) is 70.8 Å². The molecule has 18 heavy (non-hydrogen) atoms. The predicted molar refractivity (Wildman–Crippen MR) is 75.8 cm³/mol. The summed E-state index contributed by atoms with van der Waals surface area (Å²) in [6.45, 7) is 4.08. The molecule has 88 valence electrons. The average molecular weight is 233 g/mol. The van der Waals surface area contributed by atoms with Gasteiger partial charge in [0.25, 0.3) is 0 Å². The van der Waals surface area contributed by atoms with E-state index in [1.807, 2.05) is 49.4 Å². The molecule has 0 aliphatic heterocycles. The normalized spacial score (nSPS) is 11.1. The Bertz CT molecular complexity index is 630. The van der Waals surface area contributed by atoms with Crippen LogP contribution in [0.25, 0.3) is 11.6 Å². The van der Waals surface area contributed by atoms with Gasteiger partial charge in [-0.25, -0.2) is 0 Å². The van der Waals surface area contributed by atoms with Gasteiger partial charge in [0, 0.05) is 0 Å². The van der Waals surface area contributed by atoms with E-state index in [0.29, 0.717) is 5.57 Å². The van der Waals surface area contributed by atoms with E-state index < -0.39 is 0 Å². The zero-order valence-electron chi connectivity index (χ0n) is 10.6. The summed E-state index contributed by atoms with van der Waals surface area (Å²) in [6.07, 6.45) is 1.93. The van der Waals surface area contributed by atoms with Gasteiger partial charge in [-0.1, -0.05) is 59.7 Å². The second-order valence-electron chi connectivity index (χ2n) is 4.45. The van der Waals surface area contributed by atoms with Crippen LogP contribution in [0.2, 0.25) is 0 Å². The summed E-state index contributed by atoms with van der Waals surface area (Å²) in [7, 11) is 0. The number of allylic oxidation sites excluding steroid dienone is 1. The largest absolute Gasteiger partial charge is 0.192 e. The van der Waals surface area contributed by atoms with Crippen molar-refractivity contribution in [2.45, 2.75) is 13.8 Å². The molecule has 0 radical (unpaired) electrons. The van der Waals surface area contributed by atoms with Gasteiger partial charge in [0.05, 0.1) is 11.6 Å². The van der Waals surface area contributed by atoms with Crippen molar-refractivity contribution >= 4 is 11.6 Å². The van der Waals surface area contributed by atoms with Gasteiger partial charge in [-0.05, 0) is 31.1 Å². The maximum absolute atomic E-state index is 9.28. The van der Waals surface area contributed by atoms with E-state index >= 15 is 0 Å². The van der Waals surface area contributed by atoms with E-state index in [-0.39, 0.29) is 0 Å². The van der Waals surface area contributed by atoms with Crippen LogP contribution in [0, 0.1) is 25.2 Å². The molecule has 2 aromatic carbocycles. The molecule has 0 atom stereocenters. The first kappa shape index (κ1) is 12.1. The lowest BCUT2D eigenvalue weighted by Crippen LogP contribution is -1.84. The van der Waals surface area contributed by atoms with Crippen LogP contribution in [-0.2, 0) is 0 Å². The minimum Gasteiger partial charge on any atom is -0.192 e. The van der Waals surface area contributed by atoms with E-state index in [0.717, 1.165) is 16.7 Å². The molecule has 2 aromatic rings. The highest BCUT2D eigenvalue weighted by Gasteiger charge is 2.01. The zero-order chi connectivity index (χ0) is 13.0. The third kappa shape index (κ3) is 2.87. The number of aryl methyl sites for hydroxylation is 2. The number of hydrogen-bond acceptors (Lipinski definition) is 1. The van der Waals surface area contributed by atoms with Crippen molar-refractivity contribution in [3.63, 3.8) is 0 Å². The van der Waals surface area contributed by atoms with Crippen molar-refractivity contribution < 1.29 is 0 Å². The number of nitrogens with zero attached hydrogens (tertiary/aromatic N) is 1. The Morgan fingerprint density at radius 3 is 2.28 bits per heavy atom. The van der Waals surface area contributed by atoms with Gasteiger partial charge in [0.2, 0.25) is 0 Å². The van der Waals surface area contributed by atoms with Crippen molar-refractivity contribution in [1.29, 1.82) is 5.26 Å². The molecule has 0 fully saturated rings. The Kier molecular flexibility index (Phi) is 3.60. The summed E-state index contributed by atoms with van der Waals surface area (Å²) >= 11 is 0. The SMILES string of the molecule is Cc1cccc(C=C(C#N)c2cccc(C)c2)c1. The fraction of sp³-hybridized carbons (Fsp3) is 0.118. The van der Waals surface area contributed by atoms with Crippen LogP contribution in [0.1, 0.15) is 22.3 Å². The van der Waals surface area contributed by atoms with Crippen LogP contribution in [0.5, 0.6) is 0 Å². The molecule has 0 saturated heterocycles. The molecule has 0 aliphatic rings. The topological polar surface area (TPSA) is 23.8 Å². The molecular weight excluding hydrogens is 218 g/mol. The van der Waals surface area contributed by atoms with Crippen LogP contribution < -0.4 is 0 Å². The summed E-state index contributed by atoms with van der Waals surface area (Å²) in [5.41, 5.74) is 5.10. The van der Waals surface area contributed by atoms with Gasteiger partial charge < -0.3 is 0 Å². The summed E-state index contributed by atoms with van der Waals surface area (Å²) in [4.78, 5) is 0.